The van der Waals surface area contributed by atoms with Gasteiger partial charge in [0.25, 0.3) is 0 Å². The lowest BCUT2D eigenvalue weighted by Crippen LogP contribution is -2.25. The van der Waals surface area contributed by atoms with Gasteiger partial charge in [0, 0.05) is 36.8 Å². The molecule has 2 aliphatic rings. The molecular formula is C18H22ClN7. The van der Waals surface area contributed by atoms with Gasteiger partial charge in [-0.3, -0.25) is 0 Å². The normalized spacial score (nSPS) is 17.4. The Morgan fingerprint density at radius 2 is 1.46 bits per heavy atom. The molecule has 0 aliphatic carbocycles. The van der Waals surface area contributed by atoms with Crippen LogP contribution in [0.2, 0.25) is 5.02 Å². The third kappa shape index (κ3) is 3.88. The van der Waals surface area contributed by atoms with Crippen molar-refractivity contribution in [1.82, 2.24) is 15.0 Å². The number of halogens is 1. The van der Waals surface area contributed by atoms with Gasteiger partial charge in [0.1, 0.15) is 0 Å². The zero-order valence-corrected chi connectivity index (χ0v) is 15.4. The molecule has 4 rings (SSSR count). The van der Waals surface area contributed by atoms with E-state index in [1.807, 2.05) is 24.3 Å². The molecule has 0 saturated carbocycles. The standard InChI is InChI=1S/C18H22ClN7/c19-15-8-2-1-7-14(15)13-20-24-16-21-17(25-9-3-4-10-25)23-18(22-16)26-11-5-6-12-26/h1-2,7-8,13H,3-6,9-12H2,(H,21,22,23,24)/b20-13+. The highest BCUT2D eigenvalue weighted by Gasteiger charge is 2.21. The molecular weight excluding hydrogens is 350 g/mol. The summed E-state index contributed by atoms with van der Waals surface area (Å²) in [7, 11) is 0. The lowest BCUT2D eigenvalue weighted by molar-refractivity contribution is 0.838. The molecule has 2 aliphatic heterocycles. The molecule has 1 aromatic heterocycles. The maximum absolute atomic E-state index is 6.16. The summed E-state index contributed by atoms with van der Waals surface area (Å²) in [6.07, 6.45) is 6.39. The van der Waals surface area contributed by atoms with Crippen molar-refractivity contribution in [3.05, 3.63) is 34.9 Å². The van der Waals surface area contributed by atoms with Gasteiger partial charge in [-0.15, -0.1) is 0 Å². The lowest BCUT2D eigenvalue weighted by Gasteiger charge is -2.20. The summed E-state index contributed by atoms with van der Waals surface area (Å²) in [6.45, 7) is 3.97. The zero-order chi connectivity index (χ0) is 17.8. The molecule has 0 unspecified atom stereocenters. The van der Waals surface area contributed by atoms with Gasteiger partial charge in [-0.1, -0.05) is 29.8 Å². The molecule has 7 nitrogen and oxygen atoms in total. The number of nitrogens with one attached hydrogen (secondary N) is 1. The van der Waals surface area contributed by atoms with Gasteiger partial charge >= 0.3 is 0 Å². The van der Waals surface area contributed by atoms with Gasteiger partial charge < -0.3 is 9.80 Å². The topological polar surface area (TPSA) is 69.5 Å². The van der Waals surface area contributed by atoms with E-state index in [1.165, 1.54) is 25.7 Å². The van der Waals surface area contributed by atoms with Crippen LogP contribution in [0.4, 0.5) is 17.8 Å². The van der Waals surface area contributed by atoms with Crippen molar-refractivity contribution in [1.29, 1.82) is 0 Å². The molecule has 26 heavy (non-hydrogen) atoms. The lowest BCUT2D eigenvalue weighted by atomic mass is 10.2. The fraction of sp³-hybridized carbons (Fsp3) is 0.444. The highest BCUT2D eigenvalue weighted by atomic mass is 35.5. The van der Waals surface area contributed by atoms with E-state index in [0.29, 0.717) is 11.0 Å². The number of rotatable bonds is 5. The van der Waals surface area contributed by atoms with E-state index in [9.17, 15) is 0 Å². The van der Waals surface area contributed by atoms with Crippen LogP contribution < -0.4 is 15.2 Å². The van der Waals surface area contributed by atoms with Crippen molar-refractivity contribution in [2.24, 2.45) is 5.10 Å². The van der Waals surface area contributed by atoms with E-state index in [-0.39, 0.29) is 0 Å². The second-order valence-electron chi connectivity index (χ2n) is 6.54. The number of hydrogen-bond donors (Lipinski definition) is 1. The van der Waals surface area contributed by atoms with E-state index in [4.69, 9.17) is 16.6 Å². The Morgan fingerprint density at radius 3 is 2.04 bits per heavy atom. The minimum absolute atomic E-state index is 0.465. The highest BCUT2D eigenvalue weighted by Crippen LogP contribution is 2.22. The van der Waals surface area contributed by atoms with E-state index in [2.05, 4.69) is 30.3 Å². The first kappa shape index (κ1) is 17.0. The Labute approximate surface area is 158 Å². The van der Waals surface area contributed by atoms with Gasteiger partial charge in [-0.25, -0.2) is 5.43 Å². The maximum Gasteiger partial charge on any atom is 0.250 e. The van der Waals surface area contributed by atoms with Crippen LogP contribution in [-0.2, 0) is 0 Å². The first-order valence-electron chi connectivity index (χ1n) is 9.09. The SMILES string of the molecule is Clc1ccccc1/C=N/Nc1nc(N2CCCC2)nc(N2CCCC2)n1. The second-order valence-corrected chi connectivity index (χ2v) is 6.95. The van der Waals surface area contributed by atoms with Gasteiger partial charge in [-0.2, -0.15) is 20.1 Å². The predicted molar refractivity (Wildman–Crippen MR) is 105 cm³/mol. The molecule has 1 N–H and O–H groups in total. The van der Waals surface area contributed by atoms with Crippen molar-refractivity contribution in [3.63, 3.8) is 0 Å². The Hall–Kier alpha value is -2.41. The van der Waals surface area contributed by atoms with Crippen molar-refractivity contribution in [2.75, 3.05) is 41.4 Å². The number of benzene rings is 1. The summed E-state index contributed by atoms with van der Waals surface area (Å²) in [5.74, 6) is 1.93. The Kier molecular flexibility index (Phi) is 5.15. The van der Waals surface area contributed by atoms with Crippen LogP contribution >= 0.6 is 11.6 Å². The molecule has 0 radical (unpaired) electrons. The number of hydrazone groups is 1. The molecule has 0 atom stereocenters. The van der Waals surface area contributed by atoms with Gasteiger partial charge in [-0.05, 0) is 31.7 Å². The Morgan fingerprint density at radius 1 is 0.885 bits per heavy atom. The summed E-state index contributed by atoms with van der Waals surface area (Å²) in [5, 5.41) is 4.92. The average Bonchev–Trinajstić information content (AvgIpc) is 3.37. The first-order chi connectivity index (χ1) is 12.8. The van der Waals surface area contributed by atoms with Crippen molar-refractivity contribution >= 4 is 35.7 Å². The summed E-state index contributed by atoms with van der Waals surface area (Å²) < 4.78 is 0. The molecule has 2 saturated heterocycles. The number of anilines is 3. The molecule has 0 bridgehead atoms. The van der Waals surface area contributed by atoms with Crippen molar-refractivity contribution in [3.8, 4) is 0 Å². The van der Waals surface area contributed by atoms with Crippen LogP contribution in [-0.4, -0.2) is 47.3 Å². The third-order valence-corrected chi connectivity index (χ3v) is 5.01. The summed E-state index contributed by atoms with van der Waals surface area (Å²) in [6, 6.07) is 7.56. The van der Waals surface area contributed by atoms with Gasteiger partial charge in [0.2, 0.25) is 17.8 Å². The molecule has 2 fully saturated rings. The average molecular weight is 372 g/mol. The van der Waals surface area contributed by atoms with Crippen LogP contribution in [0, 0.1) is 0 Å². The molecule has 136 valence electrons. The van der Waals surface area contributed by atoms with E-state index < -0.39 is 0 Å². The first-order valence-corrected chi connectivity index (χ1v) is 9.47. The smallest absolute Gasteiger partial charge is 0.250 e. The number of aromatic nitrogens is 3. The Bertz CT molecular complexity index is 749. The van der Waals surface area contributed by atoms with Crippen molar-refractivity contribution in [2.45, 2.75) is 25.7 Å². The number of nitrogens with zero attached hydrogens (tertiary/aromatic N) is 6. The van der Waals surface area contributed by atoms with Crippen molar-refractivity contribution < 1.29 is 0 Å². The molecule has 8 heteroatoms. The highest BCUT2D eigenvalue weighted by molar-refractivity contribution is 6.33. The maximum atomic E-state index is 6.16. The fourth-order valence-corrected chi connectivity index (χ4v) is 3.44. The monoisotopic (exact) mass is 371 g/mol. The van der Waals surface area contributed by atoms with Crippen LogP contribution in [0.1, 0.15) is 31.2 Å². The molecule has 2 aromatic rings. The largest absolute Gasteiger partial charge is 0.341 e. The van der Waals surface area contributed by atoms with Crippen LogP contribution in [0.25, 0.3) is 0 Å². The van der Waals surface area contributed by atoms with Gasteiger partial charge in [0.05, 0.1) is 6.21 Å². The van der Waals surface area contributed by atoms with E-state index in [1.54, 1.807) is 6.21 Å². The minimum Gasteiger partial charge on any atom is -0.341 e. The molecule has 1 aromatic carbocycles. The van der Waals surface area contributed by atoms with Crippen LogP contribution in [0.5, 0.6) is 0 Å². The molecule has 3 heterocycles. The van der Waals surface area contributed by atoms with Gasteiger partial charge in [0.15, 0.2) is 0 Å². The molecule has 0 amide bonds. The van der Waals surface area contributed by atoms with E-state index in [0.717, 1.165) is 43.6 Å². The fourth-order valence-electron chi connectivity index (χ4n) is 3.26. The summed E-state index contributed by atoms with van der Waals surface area (Å²) in [4.78, 5) is 18.2. The summed E-state index contributed by atoms with van der Waals surface area (Å²) >= 11 is 6.16. The third-order valence-electron chi connectivity index (χ3n) is 4.66. The second kappa shape index (κ2) is 7.86. The minimum atomic E-state index is 0.465. The zero-order valence-electron chi connectivity index (χ0n) is 14.6. The number of hydrogen-bond acceptors (Lipinski definition) is 7. The van der Waals surface area contributed by atoms with E-state index >= 15 is 0 Å². The quantitative estimate of drug-likeness (QED) is 0.643. The molecule has 0 spiro atoms. The Balaban J connectivity index is 1.56. The predicted octanol–water partition coefficient (Wildman–Crippen LogP) is 3.17. The summed E-state index contributed by atoms with van der Waals surface area (Å²) in [5.41, 5.74) is 3.79. The van der Waals surface area contributed by atoms with Crippen LogP contribution in [0.3, 0.4) is 0 Å². The van der Waals surface area contributed by atoms with Crippen LogP contribution in [0.15, 0.2) is 29.4 Å².